The molecule has 0 spiro atoms. The van der Waals surface area contributed by atoms with Crippen LogP contribution in [0.3, 0.4) is 0 Å². The van der Waals surface area contributed by atoms with Crippen LogP contribution in [-0.2, 0) is 17.7 Å². The lowest BCUT2D eigenvalue weighted by molar-refractivity contribution is 0.0932. The highest BCUT2D eigenvalue weighted by Gasteiger charge is 2.27. The van der Waals surface area contributed by atoms with E-state index in [1.54, 1.807) is 7.11 Å². The third-order valence-electron chi connectivity index (χ3n) is 4.41. The van der Waals surface area contributed by atoms with E-state index < -0.39 is 0 Å². The van der Waals surface area contributed by atoms with Crippen molar-refractivity contribution in [2.45, 2.75) is 38.6 Å². The Kier molecular flexibility index (Phi) is 8.06. The van der Waals surface area contributed by atoms with Crippen LogP contribution in [0.1, 0.15) is 52.5 Å². The van der Waals surface area contributed by atoms with Gasteiger partial charge in [0.05, 0.1) is 5.69 Å². The van der Waals surface area contributed by atoms with Crippen LogP contribution in [0.2, 0.25) is 0 Å². The largest absolute Gasteiger partial charge is 0.385 e. The fourth-order valence-corrected chi connectivity index (χ4v) is 3.08. The first kappa shape index (κ1) is 20.4. The van der Waals surface area contributed by atoms with Crippen molar-refractivity contribution in [1.82, 2.24) is 25.1 Å². The Balaban J connectivity index is 2.04. The molecule has 1 aromatic heterocycles. The number of carbonyl (C=O) groups is 2. The second kappa shape index (κ2) is 10.3. The predicted molar refractivity (Wildman–Crippen MR) is 99.5 cm³/mol. The van der Waals surface area contributed by atoms with Crippen molar-refractivity contribution < 1.29 is 14.3 Å². The zero-order chi connectivity index (χ0) is 18.9. The van der Waals surface area contributed by atoms with Crippen molar-refractivity contribution in [1.29, 1.82) is 0 Å². The third kappa shape index (κ3) is 5.54. The molecule has 26 heavy (non-hydrogen) atoms. The van der Waals surface area contributed by atoms with Crippen molar-refractivity contribution in [2.24, 2.45) is 0 Å². The number of nitrogens with zero attached hydrogens (tertiary/aromatic N) is 3. The van der Waals surface area contributed by atoms with E-state index in [-0.39, 0.29) is 11.8 Å². The molecule has 0 saturated heterocycles. The van der Waals surface area contributed by atoms with Crippen molar-refractivity contribution in [3.8, 4) is 0 Å². The molecule has 1 aliphatic heterocycles. The summed E-state index contributed by atoms with van der Waals surface area (Å²) in [5.41, 5.74) is 1.28. The van der Waals surface area contributed by atoms with Crippen molar-refractivity contribution in [3.05, 3.63) is 17.2 Å². The summed E-state index contributed by atoms with van der Waals surface area (Å²) in [4.78, 5) is 31.5. The molecule has 2 amide bonds. The first-order valence-electron chi connectivity index (χ1n) is 9.34. The summed E-state index contributed by atoms with van der Waals surface area (Å²) >= 11 is 0. The zero-order valence-electron chi connectivity index (χ0n) is 16.1. The molecule has 2 heterocycles. The van der Waals surface area contributed by atoms with Gasteiger partial charge in [-0.25, -0.2) is 4.98 Å². The van der Waals surface area contributed by atoms with Gasteiger partial charge in [-0.3, -0.25) is 9.59 Å². The number of hydrogen-bond acceptors (Lipinski definition) is 5. The van der Waals surface area contributed by atoms with Crippen LogP contribution in [0, 0.1) is 0 Å². The van der Waals surface area contributed by atoms with Crippen LogP contribution in [0.4, 0.5) is 0 Å². The van der Waals surface area contributed by atoms with Gasteiger partial charge in [0.1, 0.15) is 5.69 Å². The second-order valence-corrected chi connectivity index (χ2v) is 6.85. The summed E-state index contributed by atoms with van der Waals surface area (Å²) < 4.78 is 6.90. The lowest BCUT2D eigenvalue weighted by atomic mass is 10.1. The highest BCUT2D eigenvalue weighted by atomic mass is 16.5. The second-order valence-electron chi connectivity index (χ2n) is 6.85. The summed E-state index contributed by atoms with van der Waals surface area (Å²) in [6, 6.07) is 0. The normalized spacial score (nSPS) is 13.5. The zero-order valence-corrected chi connectivity index (χ0v) is 16.1. The van der Waals surface area contributed by atoms with Gasteiger partial charge < -0.3 is 24.8 Å². The first-order valence-corrected chi connectivity index (χ1v) is 9.34. The molecule has 0 bridgehead atoms. The molecular formula is C18H31N5O3. The molecule has 0 aromatic carbocycles. The Morgan fingerprint density at radius 1 is 1.15 bits per heavy atom. The summed E-state index contributed by atoms with van der Waals surface area (Å²) in [7, 11) is 5.65. The maximum atomic E-state index is 12.5. The van der Waals surface area contributed by atoms with E-state index in [0.717, 1.165) is 50.9 Å². The molecule has 2 N–H and O–H groups in total. The van der Waals surface area contributed by atoms with E-state index in [4.69, 9.17) is 4.74 Å². The Labute approximate surface area is 155 Å². The van der Waals surface area contributed by atoms with Crippen LogP contribution in [0.25, 0.3) is 0 Å². The average molecular weight is 365 g/mol. The van der Waals surface area contributed by atoms with Gasteiger partial charge in [-0.05, 0) is 52.7 Å². The molecular weight excluding hydrogens is 334 g/mol. The van der Waals surface area contributed by atoms with Gasteiger partial charge in [-0.2, -0.15) is 0 Å². The molecule has 0 fully saturated rings. The van der Waals surface area contributed by atoms with Crippen molar-refractivity contribution >= 4 is 11.8 Å². The fourth-order valence-electron chi connectivity index (χ4n) is 3.08. The number of hydrogen-bond donors (Lipinski definition) is 2. The van der Waals surface area contributed by atoms with Gasteiger partial charge in [0, 0.05) is 33.4 Å². The van der Waals surface area contributed by atoms with E-state index in [1.165, 1.54) is 0 Å². The summed E-state index contributed by atoms with van der Waals surface area (Å²) in [5, 5.41) is 5.79. The number of methoxy groups -OCH3 is 1. The monoisotopic (exact) mass is 365 g/mol. The van der Waals surface area contributed by atoms with E-state index >= 15 is 0 Å². The van der Waals surface area contributed by atoms with E-state index in [9.17, 15) is 9.59 Å². The maximum Gasteiger partial charge on any atom is 0.287 e. The van der Waals surface area contributed by atoms with Crippen LogP contribution >= 0.6 is 0 Å². The van der Waals surface area contributed by atoms with Gasteiger partial charge in [-0.15, -0.1) is 0 Å². The quantitative estimate of drug-likeness (QED) is 0.595. The van der Waals surface area contributed by atoms with Crippen LogP contribution < -0.4 is 10.6 Å². The van der Waals surface area contributed by atoms with Gasteiger partial charge in [0.25, 0.3) is 11.8 Å². The SMILES string of the molecule is COCCCNC(=O)c1nc(C(=O)NCCCN(C)C)c2n1CCCC2. The number of carbonyl (C=O) groups excluding carboxylic acids is 2. The number of fused-ring (bicyclic) bond motifs is 1. The Morgan fingerprint density at radius 3 is 2.62 bits per heavy atom. The molecule has 0 radical (unpaired) electrons. The molecule has 0 unspecified atom stereocenters. The van der Waals surface area contributed by atoms with Crippen LogP contribution in [0.15, 0.2) is 0 Å². The van der Waals surface area contributed by atoms with E-state index in [0.29, 0.717) is 31.2 Å². The molecule has 0 aliphatic carbocycles. The Bertz CT molecular complexity index is 612. The molecule has 1 aromatic rings. The Hall–Kier alpha value is -1.93. The van der Waals surface area contributed by atoms with Gasteiger partial charge in [0.15, 0.2) is 5.82 Å². The summed E-state index contributed by atoms with van der Waals surface area (Å²) in [5.74, 6) is -0.0701. The molecule has 0 atom stereocenters. The molecule has 8 heteroatoms. The predicted octanol–water partition coefficient (Wildman–Crippen LogP) is 0.667. The fraction of sp³-hybridized carbons (Fsp3) is 0.722. The number of ether oxygens (including phenoxy) is 1. The minimum absolute atomic E-state index is 0.187. The average Bonchev–Trinajstić information content (AvgIpc) is 3.02. The number of amides is 2. The van der Waals surface area contributed by atoms with Crippen molar-refractivity contribution in [3.63, 3.8) is 0 Å². The topological polar surface area (TPSA) is 88.5 Å². The Morgan fingerprint density at radius 2 is 1.88 bits per heavy atom. The number of aromatic nitrogens is 2. The lowest BCUT2D eigenvalue weighted by Gasteiger charge is -2.17. The number of imidazole rings is 1. The van der Waals surface area contributed by atoms with E-state index in [1.807, 2.05) is 18.7 Å². The molecule has 0 saturated carbocycles. The summed E-state index contributed by atoms with van der Waals surface area (Å²) in [6.07, 6.45) is 4.42. The summed E-state index contributed by atoms with van der Waals surface area (Å²) in [6.45, 7) is 3.37. The van der Waals surface area contributed by atoms with Crippen molar-refractivity contribution in [2.75, 3.05) is 47.4 Å². The highest BCUT2D eigenvalue weighted by Crippen LogP contribution is 2.21. The van der Waals surface area contributed by atoms with E-state index in [2.05, 4.69) is 20.5 Å². The maximum absolute atomic E-state index is 12.5. The number of rotatable bonds is 10. The van der Waals surface area contributed by atoms with Crippen LogP contribution in [-0.4, -0.2) is 73.7 Å². The molecule has 1 aliphatic rings. The number of nitrogens with one attached hydrogen (secondary N) is 2. The van der Waals surface area contributed by atoms with Gasteiger partial charge >= 0.3 is 0 Å². The third-order valence-corrected chi connectivity index (χ3v) is 4.41. The molecule has 146 valence electrons. The first-order chi connectivity index (χ1) is 12.5. The van der Waals surface area contributed by atoms with Crippen LogP contribution in [0.5, 0.6) is 0 Å². The molecule has 8 nitrogen and oxygen atoms in total. The minimum Gasteiger partial charge on any atom is -0.385 e. The lowest BCUT2D eigenvalue weighted by Crippen LogP contribution is -2.29. The smallest absolute Gasteiger partial charge is 0.287 e. The molecule has 2 rings (SSSR count). The van der Waals surface area contributed by atoms with Gasteiger partial charge in [0.2, 0.25) is 0 Å². The van der Waals surface area contributed by atoms with Gasteiger partial charge in [-0.1, -0.05) is 0 Å². The highest BCUT2D eigenvalue weighted by molar-refractivity contribution is 5.97. The minimum atomic E-state index is -0.226. The standard InChI is InChI=1S/C18H31N5O3/c1-22(2)11-6-9-19-17(24)15-14-8-4-5-12-23(14)16(21-15)18(25)20-10-7-13-26-3/h4-13H2,1-3H3,(H,19,24)(H,20,25).